The molecule has 1 saturated carbocycles. The van der Waals surface area contributed by atoms with Crippen molar-refractivity contribution in [3.8, 4) is 0 Å². The van der Waals surface area contributed by atoms with Crippen LogP contribution in [0.5, 0.6) is 0 Å². The fourth-order valence-electron chi connectivity index (χ4n) is 2.03. The fourth-order valence-corrected chi connectivity index (χ4v) is 2.15. The second-order valence-electron chi connectivity index (χ2n) is 4.15. The SMILES string of the molecule is O=C(CS)NCC1(CO)CCCCC1. The van der Waals surface area contributed by atoms with E-state index in [1.165, 1.54) is 6.42 Å². The zero-order valence-electron chi connectivity index (χ0n) is 8.46. The van der Waals surface area contributed by atoms with E-state index in [4.69, 9.17) is 0 Å². The molecular weight excluding hydrogens is 198 g/mol. The van der Waals surface area contributed by atoms with Gasteiger partial charge in [0.15, 0.2) is 0 Å². The Bertz CT molecular complexity index is 191. The minimum Gasteiger partial charge on any atom is -0.396 e. The molecule has 0 unspecified atom stereocenters. The number of hydrogen-bond donors (Lipinski definition) is 3. The predicted molar refractivity (Wildman–Crippen MR) is 59.5 cm³/mol. The minimum absolute atomic E-state index is 0.0493. The zero-order chi connectivity index (χ0) is 10.4. The molecule has 0 aromatic heterocycles. The normalized spacial score (nSPS) is 20.4. The van der Waals surface area contributed by atoms with Crippen LogP contribution >= 0.6 is 12.6 Å². The number of hydrogen-bond acceptors (Lipinski definition) is 3. The highest BCUT2D eigenvalue weighted by Crippen LogP contribution is 2.35. The zero-order valence-corrected chi connectivity index (χ0v) is 9.35. The molecule has 0 bridgehead atoms. The number of aliphatic hydroxyl groups excluding tert-OH is 1. The molecule has 0 spiro atoms. The van der Waals surface area contributed by atoms with Crippen molar-refractivity contribution in [3.63, 3.8) is 0 Å². The first-order valence-corrected chi connectivity index (χ1v) is 5.84. The van der Waals surface area contributed by atoms with Gasteiger partial charge in [-0.25, -0.2) is 0 Å². The highest BCUT2D eigenvalue weighted by Gasteiger charge is 2.31. The average molecular weight is 217 g/mol. The number of carbonyl (C=O) groups is 1. The lowest BCUT2D eigenvalue weighted by Gasteiger charge is -2.35. The summed E-state index contributed by atoms with van der Waals surface area (Å²) < 4.78 is 0. The third kappa shape index (κ3) is 3.17. The Morgan fingerprint density at radius 3 is 2.50 bits per heavy atom. The van der Waals surface area contributed by atoms with E-state index < -0.39 is 0 Å². The summed E-state index contributed by atoms with van der Waals surface area (Å²) in [6.07, 6.45) is 5.63. The molecule has 0 aromatic rings. The van der Waals surface area contributed by atoms with Crippen LogP contribution in [0.4, 0.5) is 0 Å². The molecule has 1 aliphatic carbocycles. The second kappa shape index (κ2) is 5.61. The molecule has 1 amide bonds. The molecule has 0 atom stereocenters. The van der Waals surface area contributed by atoms with Gasteiger partial charge in [0.1, 0.15) is 0 Å². The number of rotatable bonds is 4. The van der Waals surface area contributed by atoms with Crippen molar-refractivity contribution in [2.75, 3.05) is 18.9 Å². The van der Waals surface area contributed by atoms with E-state index in [0.717, 1.165) is 25.7 Å². The summed E-state index contributed by atoms with van der Waals surface area (Å²) in [5.41, 5.74) is -0.0587. The molecule has 82 valence electrons. The van der Waals surface area contributed by atoms with Crippen LogP contribution in [0.2, 0.25) is 0 Å². The summed E-state index contributed by atoms with van der Waals surface area (Å²) in [6.45, 7) is 0.781. The summed E-state index contributed by atoms with van der Waals surface area (Å²) in [7, 11) is 0. The van der Waals surface area contributed by atoms with Crippen LogP contribution in [0, 0.1) is 5.41 Å². The molecule has 0 saturated heterocycles. The summed E-state index contributed by atoms with van der Waals surface area (Å²) in [4.78, 5) is 11.0. The molecule has 1 rings (SSSR count). The summed E-state index contributed by atoms with van der Waals surface area (Å²) in [5, 5.41) is 12.2. The van der Waals surface area contributed by atoms with Gasteiger partial charge in [0.2, 0.25) is 5.91 Å². The molecule has 0 radical (unpaired) electrons. The van der Waals surface area contributed by atoms with E-state index in [0.29, 0.717) is 6.54 Å². The van der Waals surface area contributed by atoms with Crippen LogP contribution in [0.25, 0.3) is 0 Å². The lowest BCUT2D eigenvalue weighted by Crippen LogP contribution is -2.41. The van der Waals surface area contributed by atoms with Crippen LogP contribution in [0.3, 0.4) is 0 Å². The van der Waals surface area contributed by atoms with Crippen LogP contribution in [-0.2, 0) is 4.79 Å². The van der Waals surface area contributed by atoms with Gasteiger partial charge >= 0.3 is 0 Å². The van der Waals surface area contributed by atoms with Gasteiger partial charge in [-0.05, 0) is 12.8 Å². The molecule has 1 aliphatic rings. The maximum absolute atomic E-state index is 11.0. The predicted octanol–water partition coefficient (Wildman–Crippen LogP) is 0.975. The van der Waals surface area contributed by atoms with E-state index in [9.17, 15) is 9.90 Å². The third-order valence-electron chi connectivity index (χ3n) is 3.05. The Morgan fingerprint density at radius 2 is 2.00 bits per heavy atom. The molecule has 1 fully saturated rings. The second-order valence-corrected chi connectivity index (χ2v) is 4.47. The number of carbonyl (C=O) groups excluding carboxylic acids is 1. The van der Waals surface area contributed by atoms with Crippen LogP contribution in [0.15, 0.2) is 0 Å². The molecule has 0 aliphatic heterocycles. The molecule has 0 heterocycles. The van der Waals surface area contributed by atoms with Crippen molar-refractivity contribution >= 4 is 18.5 Å². The lowest BCUT2D eigenvalue weighted by molar-refractivity contribution is -0.119. The highest BCUT2D eigenvalue weighted by atomic mass is 32.1. The molecule has 4 heteroatoms. The van der Waals surface area contributed by atoms with Crippen molar-refractivity contribution in [2.45, 2.75) is 32.1 Å². The van der Waals surface area contributed by atoms with Gasteiger partial charge in [0.05, 0.1) is 12.4 Å². The number of nitrogens with one attached hydrogen (secondary N) is 1. The van der Waals surface area contributed by atoms with Gasteiger partial charge in [-0.1, -0.05) is 19.3 Å². The Hall–Kier alpha value is -0.220. The summed E-state index contributed by atoms with van der Waals surface area (Å²) >= 11 is 3.90. The number of amides is 1. The Balaban J connectivity index is 2.39. The topological polar surface area (TPSA) is 49.3 Å². The fraction of sp³-hybridized carbons (Fsp3) is 0.900. The molecule has 2 N–H and O–H groups in total. The van der Waals surface area contributed by atoms with Gasteiger partial charge in [-0.15, -0.1) is 0 Å². The lowest BCUT2D eigenvalue weighted by atomic mass is 9.74. The Morgan fingerprint density at radius 1 is 1.36 bits per heavy atom. The monoisotopic (exact) mass is 217 g/mol. The van der Waals surface area contributed by atoms with Crippen molar-refractivity contribution in [2.24, 2.45) is 5.41 Å². The van der Waals surface area contributed by atoms with Gasteiger partial charge in [-0.3, -0.25) is 4.79 Å². The molecular formula is C10H19NO2S. The van der Waals surface area contributed by atoms with E-state index in [1.54, 1.807) is 0 Å². The van der Waals surface area contributed by atoms with E-state index in [1.807, 2.05) is 0 Å². The smallest absolute Gasteiger partial charge is 0.229 e. The Labute approximate surface area is 90.7 Å². The first-order valence-electron chi connectivity index (χ1n) is 5.21. The van der Waals surface area contributed by atoms with Gasteiger partial charge in [0.25, 0.3) is 0 Å². The van der Waals surface area contributed by atoms with E-state index >= 15 is 0 Å². The standard InChI is InChI=1S/C10H19NO2S/c12-8-10(4-2-1-3-5-10)7-11-9(13)6-14/h12,14H,1-8H2,(H,11,13). The van der Waals surface area contributed by atoms with Crippen LogP contribution < -0.4 is 5.32 Å². The summed E-state index contributed by atoms with van der Waals surface area (Å²) in [6, 6.07) is 0. The van der Waals surface area contributed by atoms with Crippen LogP contribution in [0.1, 0.15) is 32.1 Å². The summed E-state index contributed by atoms with van der Waals surface area (Å²) in [5.74, 6) is 0.174. The third-order valence-corrected chi connectivity index (χ3v) is 3.34. The van der Waals surface area contributed by atoms with Crippen molar-refractivity contribution in [1.82, 2.24) is 5.32 Å². The number of thiol groups is 1. The number of aliphatic hydroxyl groups is 1. The molecule has 0 aromatic carbocycles. The van der Waals surface area contributed by atoms with Crippen LogP contribution in [-0.4, -0.2) is 29.9 Å². The first-order chi connectivity index (χ1) is 6.72. The molecule has 14 heavy (non-hydrogen) atoms. The van der Waals surface area contributed by atoms with Gasteiger partial charge < -0.3 is 10.4 Å². The van der Waals surface area contributed by atoms with Gasteiger partial charge in [0, 0.05) is 12.0 Å². The largest absolute Gasteiger partial charge is 0.396 e. The first kappa shape index (κ1) is 11.9. The van der Waals surface area contributed by atoms with Crippen molar-refractivity contribution in [3.05, 3.63) is 0 Å². The highest BCUT2D eigenvalue weighted by molar-refractivity contribution is 7.81. The maximum atomic E-state index is 11.0. The van der Waals surface area contributed by atoms with E-state index in [2.05, 4.69) is 17.9 Å². The average Bonchev–Trinajstić information content (AvgIpc) is 2.27. The Kier molecular flexibility index (Phi) is 4.75. The van der Waals surface area contributed by atoms with Crippen molar-refractivity contribution < 1.29 is 9.90 Å². The quantitative estimate of drug-likeness (QED) is 0.615. The molecule has 3 nitrogen and oxygen atoms in total. The van der Waals surface area contributed by atoms with E-state index in [-0.39, 0.29) is 23.7 Å². The maximum Gasteiger partial charge on any atom is 0.229 e. The van der Waals surface area contributed by atoms with Crippen molar-refractivity contribution in [1.29, 1.82) is 0 Å². The minimum atomic E-state index is -0.0587. The van der Waals surface area contributed by atoms with Gasteiger partial charge in [-0.2, -0.15) is 12.6 Å².